The number of carbonyl (C=O) groups excluding carboxylic acids is 1. The fourth-order valence-corrected chi connectivity index (χ4v) is 4.73. The lowest BCUT2D eigenvalue weighted by Gasteiger charge is -2.27. The molecule has 2 heterocycles. The third-order valence-corrected chi connectivity index (χ3v) is 6.90. The van der Waals surface area contributed by atoms with Gasteiger partial charge < -0.3 is 19.6 Å². The second-order valence-electron chi connectivity index (χ2n) is 9.96. The number of halogens is 3. The topological polar surface area (TPSA) is 72.9 Å². The van der Waals surface area contributed by atoms with Gasteiger partial charge in [-0.15, -0.1) is 0 Å². The molecule has 1 aliphatic heterocycles. The summed E-state index contributed by atoms with van der Waals surface area (Å²) in [6, 6.07) is 34.9. The van der Waals surface area contributed by atoms with Gasteiger partial charge in [-0.2, -0.15) is 18.2 Å². The van der Waals surface area contributed by atoms with E-state index in [4.69, 9.17) is 14.3 Å². The number of hydroxylamine groups is 1. The van der Waals surface area contributed by atoms with Crippen molar-refractivity contribution in [2.45, 2.75) is 25.6 Å². The van der Waals surface area contributed by atoms with Crippen molar-refractivity contribution in [3.8, 4) is 22.6 Å². The average molecular weight is 598 g/mol. The number of rotatable bonds is 9. The normalized spacial score (nSPS) is 14.0. The SMILES string of the molecule is O=C(ON1c2cc(-c3ccccc3)cnc2NC1c1ccc(OCc2ccccc2)cc1OCc1ccccc1)C(F)(F)F. The van der Waals surface area contributed by atoms with E-state index in [-0.39, 0.29) is 18.1 Å². The first-order chi connectivity index (χ1) is 21.3. The summed E-state index contributed by atoms with van der Waals surface area (Å²) in [7, 11) is 0. The zero-order valence-electron chi connectivity index (χ0n) is 23.2. The predicted molar refractivity (Wildman–Crippen MR) is 159 cm³/mol. The van der Waals surface area contributed by atoms with Crippen molar-refractivity contribution in [1.82, 2.24) is 4.98 Å². The number of anilines is 2. The van der Waals surface area contributed by atoms with Gasteiger partial charge in [0, 0.05) is 23.4 Å². The van der Waals surface area contributed by atoms with Gasteiger partial charge in [-0.3, -0.25) is 0 Å². The molecule has 6 rings (SSSR count). The van der Waals surface area contributed by atoms with Crippen molar-refractivity contribution >= 4 is 17.5 Å². The molecule has 1 unspecified atom stereocenters. The molecule has 1 atom stereocenters. The zero-order chi connectivity index (χ0) is 30.5. The molecule has 10 heteroatoms. The molecule has 0 saturated heterocycles. The molecule has 0 amide bonds. The summed E-state index contributed by atoms with van der Waals surface area (Å²) in [4.78, 5) is 21.6. The fourth-order valence-electron chi connectivity index (χ4n) is 4.73. The van der Waals surface area contributed by atoms with Gasteiger partial charge in [0.05, 0.1) is 0 Å². The Morgan fingerprint density at radius 3 is 2.02 bits per heavy atom. The van der Waals surface area contributed by atoms with Gasteiger partial charge in [-0.05, 0) is 34.9 Å². The second-order valence-corrected chi connectivity index (χ2v) is 9.96. The number of hydrogen-bond donors (Lipinski definition) is 1. The standard InChI is InChI=1S/C34H26F3N3O4/c35-34(36,37)33(41)44-40-29-18-26(25-14-8-3-9-15-25)20-38-31(29)39-32(40)28-17-16-27(42-21-23-10-4-1-5-11-23)19-30(28)43-22-24-12-6-2-7-13-24/h1-20,32H,21-22H2,(H,38,39). The third-order valence-electron chi connectivity index (χ3n) is 6.90. The van der Waals surface area contributed by atoms with Gasteiger partial charge in [0.15, 0.2) is 12.0 Å². The number of hydrogen-bond acceptors (Lipinski definition) is 7. The smallest absolute Gasteiger partial charge is 0.489 e. The lowest BCUT2D eigenvalue weighted by Crippen LogP contribution is -2.37. The zero-order valence-corrected chi connectivity index (χ0v) is 23.2. The Balaban J connectivity index is 1.37. The van der Waals surface area contributed by atoms with Crippen molar-refractivity contribution < 1.29 is 32.3 Å². The Bertz CT molecular complexity index is 1740. The molecule has 0 saturated carbocycles. The number of nitrogens with one attached hydrogen (secondary N) is 1. The van der Waals surface area contributed by atoms with Gasteiger partial charge in [-0.1, -0.05) is 91.0 Å². The number of pyridine rings is 1. The van der Waals surface area contributed by atoms with Gasteiger partial charge in [0.1, 0.15) is 30.4 Å². The first kappa shape index (κ1) is 28.6. The summed E-state index contributed by atoms with van der Waals surface area (Å²) in [5.74, 6) is -1.32. The fraction of sp³-hybridized carbons (Fsp3) is 0.118. The van der Waals surface area contributed by atoms with E-state index in [0.717, 1.165) is 21.8 Å². The van der Waals surface area contributed by atoms with Crippen molar-refractivity contribution in [2.75, 3.05) is 10.4 Å². The number of nitrogens with zero attached hydrogens (tertiary/aromatic N) is 2. The van der Waals surface area contributed by atoms with E-state index in [0.29, 0.717) is 29.2 Å². The first-order valence-corrected chi connectivity index (χ1v) is 13.7. The minimum Gasteiger partial charge on any atom is -0.489 e. The van der Waals surface area contributed by atoms with Crippen molar-refractivity contribution in [2.24, 2.45) is 0 Å². The highest BCUT2D eigenvalue weighted by molar-refractivity contribution is 5.82. The maximum Gasteiger partial charge on any atom is 0.493 e. The van der Waals surface area contributed by atoms with E-state index in [1.165, 1.54) is 0 Å². The molecule has 1 aromatic heterocycles. The van der Waals surface area contributed by atoms with Crippen LogP contribution in [0.25, 0.3) is 11.1 Å². The van der Waals surface area contributed by atoms with Crippen LogP contribution in [0.4, 0.5) is 24.7 Å². The molecule has 5 aromatic rings. The third kappa shape index (κ3) is 6.44. The molecule has 1 aliphatic rings. The molecule has 0 aliphatic carbocycles. The summed E-state index contributed by atoms with van der Waals surface area (Å²) < 4.78 is 52.5. The Morgan fingerprint density at radius 1 is 0.773 bits per heavy atom. The lowest BCUT2D eigenvalue weighted by atomic mass is 10.1. The molecule has 7 nitrogen and oxygen atoms in total. The quantitative estimate of drug-likeness (QED) is 0.185. The number of alkyl halides is 3. The van der Waals surface area contributed by atoms with Crippen molar-refractivity contribution in [3.05, 3.63) is 138 Å². The predicted octanol–water partition coefficient (Wildman–Crippen LogP) is 7.86. The van der Waals surface area contributed by atoms with Gasteiger partial charge in [0.25, 0.3) is 0 Å². The number of ether oxygens (including phenoxy) is 2. The second kappa shape index (κ2) is 12.4. The maximum atomic E-state index is 13.4. The summed E-state index contributed by atoms with van der Waals surface area (Å²) in [6.07, 6.45) is -4.72. The van der Waals surface area contributed by atoms with E-state index >= 15 is 0 Å². The van der Waals surface area contributed by atoms with Gasteiger partial charge >= 0.3 is 12.1 Å². The summed E-state index contributed by atoms with van der Waals surface area (Å²) in [5.41, 5.74) is 3.83. The number of benzene rings is 4. The van der Waals surface area contributed by atoms with Crippen LogP contribution < -0.4 is 19.9 Å². The largest absolute Gasteiger partial charge is 0.493 e. The number of carbonyl (C=O) groups is 1. The summed E-state index contributed by atoms with van der Waals surface area (Å²) in [6.45, 7) is 0.474. The van der Waals surface area contributed by atoms with Crippen LogP contribution in [0.15, 0.2) is 121 Å². The monoisotopic (exact) mass is 597 g/mol. The van der Waals surface area contributed by atoms with Crippen LogP contribution in [0, 0.1) is 0 Å². The van der Waals surface area contributed by atoms with E-state index in [9.17, 15) is 18.0 Å². The lowest BCUT2D eigenvalue weighted by molar-refractivity contribution is -0.201. The molecule has 0 fully saturated rings. The maximum absolute atomic E-state index is 13.4. The molecule has 44 heavy (non-hydrogen) atoms. The van der Waals surface area contributed by atoms with Crippen LogP contribution in [0.1, 0.15) is 22.9 Å². The van der Waals surface area contributed by atoms with E-state index < -0.39 is 18.3 Å². The Morgan fingerprint density at radius 2 is 1.39 bits per heavy atom. The molecule has 4 aromatic carbocycles. The van der Waals surface area contributed by atoms with Gasteiger partial charge in [0.2, 0.25) is 0 Å². The van der Waals surface area contributed by atoms with Crippen LogP contribution in [-0.4, -0.2) is 17.1 Å². The Kier molecular flexibility index (Phi) is 8.05. The van der Waals surface area contributed by atoms with Crippen LogP contribution in [0.2, 0.25) is 0 Å². The molecular formula is C34H26F3N3O4. The molecule has 222 valence electrons. The molecule has 0 spiro atoms. The Labute approximate surface area is 251 Å². The van der Waals surface area contributed by atoms with Crippen LogP contribution in [-0.2, 0) is 22.8 Å². The summed E-state index contributed by atoms with van der Waals surface area (Å²) in [5, 5.41) is 3.99. The van der Waals surface area contributed by atoms with E-state index in [1.807, 2.05) is 91.0 Å². The van der Waals surface area contributed by atoms with Crippen molar-refractivity contribution in [1.29, 1.82) is 0 Å². The average Bonchev–Trinajstić information content (AvgIpc) is 3.40. The minimum absolute atomic E-state index is 0.160. The highest BCUT2D eigenvalue weighted by atomic mass is 19.4. The first-order valence-electron chi connectivity index (χ1n) is 13.7. The summed E-state index contributed by atoms with van der Waals surface area (Å²) >= 11 is 0. The van der Waals surface area contributed by atoms with Crippen LogP contribution in [0.3, 0.4) is 0 Å². The van der Waals surface area contributed by atoms with Crippen LogP contribution >= 0.6 is 0 Å². The van der Waals surface area contributed by atoms with E-state index in [1.54, 1.807) is 30.5 Å². The number of fused-ring (bicyclic) bond motifs is 1. The number of aromatic nitrogens is 1. The van der Waals surface area contributed by atoms with Crippen LogP contribution in [0.5, 0.6) is 11.5 Å². The molecular weight excluding hydrogens is 571 g/mol. The molecule has 0 bridgehead atoms. The van der Waals surface area contributed by atoms with Gasteiger partial charge in [-0.25, -0.2) is 9.78 Å². The minimum atomic E-state index is -5.22. The molecule has 1 N–H and O–H groups in total. The van der Waals surface area contributed by atoms with E-state index in [2.05, 4.69) is 10.3 Å². The highest BCUT2D eigenvalue weighted by Crippen LogP contribution is 2.45. The highest BCUT2D eigenvalue weighted by Gasteiger charge is 2.46. The molecule has 0 radical (unpaired) electrons. The Hall–Kier alpha value is -5.51. The van der Waals surface area contributed by atoms with Crippen molar-refractivity contribution in [3.63, 3.8) is 0 Å².